The SMILES string of the molecule is CC(=O)Oc1cc(O)c2c3c1C[C@@H]1[C@@H]4CC[C@H](N(C)C(=O)C#Cc5ccc(C)c(C)c5)[C@H](O2)[C@]34CCN1CC1CC1. The number of piperidine rings is 1. The zero-order chi connectivity index (χ0) is 28.6. The first kappa shape index (κ1) is 26.4. The van der Waals surface area contributed by atoms with Crippen LogP contribution in [0, 0.1) is 37.5 Å². The number of hydrogen-bond acceptors (Lipinski definition) is 6. The van der Waals surface area contributed by atoms with Gasteiger partial charge in [-0.05, 0) is 94.0 Å². The van der Waals surface area contributed by atoms with Crippen molar-refractivity contribution in [1.29, 1.82) is 0 Å². The van der Waals surface area contributed by atoms with Gasteiger partial charge in [0.15, 0.2) is 11.5 Å². The van der Waals surface area contributed by atoms with E-state index in [0.717, 1.165) is 66.9 Å². The molecule has 2 aromatic carbocycles. The number of likely N-dealkylation sites (N-methyl/N-ethyl adjacent to an activating group) is 1. The molecule has 1 saturated heterocycles. The summed E-state index contributed by atoms with van der Waals surface area (Å²) in [6, 6.07) is 7.67. The van der Waals surface area contributed by atoms with Crippen LogP contribution in [0.3, 0.4) is 0 Å². The lowest BCUT2D eigenvalue weighted by molar-refractivity contribution is -0.135. The Morgan fingerprint density at radius 1 is 1.17 bits per heavy atom. The molecule has 2 aliphatic heterocycles. The van der Waals surface area contributed by atoms with Gasteiger partial charge in [-0.3, -0.25) is 14.5 Å². The number of phenols is 1. The third kappa shape index (κ3) is 4.14. The molecule has 0 aromatic heterocycles. The van der Waals surface area contributed by atoms with Crippen LogP contribution >= 0.6 is 0 Å². The van der Waals surface area contributed by atoms with Gasteiger partial charge in [0.05, 0.1) is 6.04 Å². The number of hydrogen-bond donors (Lipinski definition) is 1. The minimum Gasteiger partial charge on any atom is -0.504 e. The number of esters is 1. The fraction of sp³-hybridized carbons (Fsp3) is 0.529. The van der Waals surface area contributed by atoms with E-state index < -0.39 is 5.97 Å². The summed E-state index contributed by atoms with van der Waals surface area (Å²) >= 11 is 0. The Morgan fingerprint density at radius 3 is 2.71 bits per heavy atom. The predicted octanol–water partition coefficient (Wildman–Crippen LogP) is 4.26. The molecule has 5 atom stereocenters. The van der Waals surface area contributed by atoms with Crippen molar-refractivity contribution in [3.63, 3.8) is 0 Å². The Hall–Kier alpha value is -3.50. The van der Waals surface area contributed by atoms with Crippen molar-refractivity contribution in [1.82, 2.24) is 9.80 Å². The first-order chi connectivity index (χ1) is 19.7. The summed E-state index contributed by atoms with van der Waals surface area (Å²) in [6.07, 6.45) is 5.77. The van der Waals surface area contributed by atoms with Crippen LogP contribution < -0.4 is 9.47 Å². The lowest BCUT2D eigenvalue weighted by atomic mass is 9.50. The van der Waals surface area contributed by atoms with Crippen LogP contribution in [-0.4, -0.2) is 65.1 Å². The van der Waals surface area contributed by atoms with Crippen LogP contribution in [-0.2, 0) is 21.4 Å². The van der Waals surface area contributed by atoms with Gasteiger partial charge in [-0.15, -0.1) is 0 Å². The van der Waals surface area contributed by atoms with E-state index in [1.54, 1.807) is 11.0 Å². The molecule has 0 unspecified atom stereocenters. The second-order valence-electron chi connectivity index (χ2n) is 12.9. The van der Waals surface area contributed by atoms with E-state index in [-0.39, 0.29) is 29.2 Å². The maximum absolute atomic E-state index is 13.5. The lowest BCUT2D eigenvalue weighted by Crippen LogP contribution is -2.69. The van der Waals surface area contributed by atoms with Crippen molar-refractivity contribution in [2.45, 2.75) is 82.9 Å². The van der Waals surface area contributed by atoms with Gasteiger partial charge < -0.3 is 19.5 Å². The van der Waals surface area contributed by atoms with E-state index in [0.29, 0.717) is 23.5 Å². The number of amides is 1. The minimum atomic E-state index is -0.398. The Balaban J connectivity index is 1.26. The summed E-state index contributed by atoms with van der Waals surface area (Å²) in [5.41, 5.74) is 4.82. The van der Waals surface area contributed by atoms with Crippen molar-refractivity contribution < 1.29 is 24.2 Å². The standard InChI is InChI=1S/C34H38N2O5/c1-19-5-6-22(15-20(19)2)9-12-30(39)35(4)26-11-10-25-27-16-24-29(40-21(3)37)17-28(38)32-31(24)34(25,33(26)41-32)13-14-36(27)18-23-7-8-23/h5-6,15,17,23,25-27,33,38H,7-8,10-11,13-14,16,18H2,1-4H3/t25-,26-,27+,33-,34-/m0/s1. The molecule has 3 fully saturated rings. The van der Waals surface area contributed by atoms with E-state index in [9.17, 15) is 14.7 Å². The van der Waals surface area contributed by atoms with Crippen LogP contribution in [0.5, 0.6) is 17.2 Å². The summed E-state index contributed by atoms with van der Waals surface area (Å²) < 4.78 is 12.4. The molecule has 41 heavy (non-hydrogen) atoms. The molecule has 7 rings (SSSR count). The second-order valence-corrected chi connectivity index (χ2v) is 12.9. The maximum atomic E-state index is 13.5. The summed E-state index contributed by atoms with van der Waals surface area (Å²) in [4.78, 5) is 30.0. The van der Waals surface area contributed by atoms with Gasteiger partial charge in [0.2, 0.25) is 0 Å². The summed E-state index contributed by atoms with van der Waals surface area (Å²) in [5, 5.41) is 11.1. The molecule has 0 radical (unpaired) electrons. The normalized spacial score (nSPS) is 29.1. The molecular formula is C34H38N2O5. The van der Waals surface area contributed by atoms with Gasteiger partial charge in [-0.25, -0.2) is 0 Å². The molecule has 7 heteroatoms. The maximum Gasteiger partial charge on any atom is 0.308 e. The number of aromatic hydroxyl groups is 1. The highest BCUT2D eigenvalue weighted by molar-refractivity contribution is 5.94. The molecule has 7 nitrogen and oxygen atoms in total. The highest BCUT2D eigenvalue weighted by Crippen LogP contribution is 2.65. The predicted molar refractivity (Wildman–Crippen MR) is 154 cm³/mol. The highest BCUT2D eigenvalue weighted by Gasteiger charge is 2.67. The Labute approximate surface area is 241 Å². The number of benzene rings is 2. The molecule has 1 N–H and O–H groups in total. The second kappa shape index (κ2) is 9.52. The number of rotatable bonds is 4. The molecule has 214 valence electrons. The van der Waals surface area contributed by atoms with Gasteiger partial charge in [-0.2, -0.15) is 0 Å². The van der Waals surface area contributed by atoms with Crippen molar-refractivity contribution in [3.05, 3.63) is 52.1 Å². The summed E-state index contributed by atoms with van der Waals surface area (Å²) in [6.45, 7) is 7.58. The minimum absolute atomic E-state index is 0.00338. The van der Waals surface area contributed by atoms with E-state index in [2.05, 4.69) is 23.7 Å². The van der Waals surface area contributed by atoms with Crippen LogP contribution in [0.2, 0.25) is 0 Å². The average Bonchev–Trinajstić information content (AvgIpc) is 3.69. The Bertz CT molecular complexity index is 1520. The number of nitrogens with zero attached hydrogens (tertiary/aromatic N) is 2. The van der Waals surface area contributed by atoms with E-state index in [1.165, 1.54) is 25.3 Å². The smallest absolute Gasteiger partial charge is 0.308 e. The topological polar surface area (TPSA) is 79.3 Å². The molecular weight excluding hydrogens is 516 g/mol. The van der Waals surface area contributed by atoms with Gasteiger partial charge in [0, 0.05) is 60.7 Å². The molecule has 5 aliphatic rings. The molecule has 2 heterocycles. The fourth-order valence-corrected chi connectivity index (χ4v) is 8.33. The van der Waals surface area contributed by atoms with Crippen LogP contribution in [0.25, 0.3) is 0 Å². The van der Waals surface area contributed by atoms with Crippen LogP contribution in [0.1, 0.15) is 66.8 Å². The summed E-state index contributed by atoms with van der Waals surface area (Å²) in [5.74, 6) is 7.40. The summed E-state index contributed by atoms with van der Waals surface area (Å²) in [7, 11) is 1.83. The van der Waals surface area contributed by atoms with Crippen LogP contribution in [0.15, 0.2) is 24.3 Å². The average molecular weight is 555 g/mol. The van der Waals surface area contributed by atoms with Gasteiger partial charge in [0.1, 0.15) is 11.9 Å². The number of carbonyl (C=O) groups is 2. The number of carbonyl (C=O) groups excluding carboxylic acids is 2. The van der Waals surface area contributed by atoms with Crippen molar-refractivity contribution in [3.8, 4) is 29.1 Å². The van der Waals surface area contributed by atoms with E-state index in [4.69, 9.17) is 9.47 Å². The Kier molecular flexibility index (Phi) is 6.13. The number of aryl methyl sites for hydroxylation is 2. The Morgan fingerprint density at radius 2 is 1.98 bits per heavy atom. The monoisotopic (exact) mass is 554 g/mol. The largest absolute Gasteiger partial charge is 0.504 e. The number of likely N-dealkylation sites (tertiary alicyclic amines) is 1. The van der Waals surface area contributed by atoms with Crippen molar-refractivity contribution in [2.24, 2.45) is 11.8 Å². The highest BCUT2D eigenvalue weighted by atomic mass is 16.5. The van der Waals surface area contributed by atoms with Gasteiger partial charge in [0.25, 0.3) is 5.91 Å². The molecule has 2 bridgehead atoms. The molecule has 1 amide bonds. The quantitative estimate of drug-likeness (QED) is 0.346. The van der Waals surface area contributed by atoms with E-state index >= 15 is 0 Å². The van der Waals surface area contributed by atoms with Crippen molar-refractivity contribution in [2.75, 3.05) is 20.1 Å². The zero-order valence-corrected chi connectivity index (χ0v) is 24.3. The van der Waals surface area contributed by atoms with Gasteiger partial charge >= 0.3 is 5.97 Å². The van der Waals surface area contributed by atoms with Gasteiger partial charge in [-0.1, -0.05) is 12.0 Å². The number of ether oxygens (including phenoxy) is 2. The van der Waals surface area contributed by atoms with Crippen molar-refractivity contribution >= 4 is 11.9 Å². The lowest BCUT2D eigenvalue weighted by Gasteiger charge is -2.60. The third-order valence-corrected chi connectivity index (χ3v) is 10.6. The molecule has 1 spiro atoms. The first-order valence-electron chi connectivity index (χ1n) is 15.0. The first-order valence-corrected chi connectivity index (χ1v) is 15.0. The molecule has 3 aliphatic carbocycles. The molecule has 2 saturated carbocycles. The number of phenolic OH excluding ortho intramolecular Hbond substituents is 1. The fourth-order valence-electron chi connectivity index (χ4n) is 8.33. The van der Waals surface area contributed by atoms with Crippen LogP contribution in [0.4, 0.5) is 0 Å². The zero-order valence-electron chi connectivity index (χ0n) is 24.3. The third-order valence-electron chi connectivity index (χ3n) is 10.6. The molecule has 2 aromatic rings. The van der Waals surface area contributed by atoms with E-state index in [1.807, 2.05) is 32.2 Å².